The molecule has 0 rings (SSSR count). The Kier molecular flexibility index (Phi) is 3.64. The zero-order valence-electron chi connectivity index (χ0n) is 6.72. The van der Waals surface area contributed by atoms with Crippen LogP contribution in [0, 0.1) is 0 Å². The molecule has 0 amide bonds. The first-order valence-corrected chi connectivity index (χ1v) is 5.11. The summed E-state index contributed by atoms with van der Waals surface area (Å²) in [6.45, 7) is 5.27. The van der Waals surface area contributed by atoms with Crippen molar-refractivity contribution in [3.05, 3.63) is 11.0 Å². The van der Waals surface area contributed by atoms with E-state index in [4.69, 9.17) is 0 Å². The standard InChI is InChI=1S/C7H14O2S/c1-4-7(5-2)10(8,9)6-3/h4H,5-6H2,1-3H3/b7-4+. The van der Waals surface area contributed by atoms with Crippen LogP contribution in [-0.4, -0.2) is 14.2 Å². The van der Waals surface area contributed by atoms with Crippen LogP contribution in [0.15, 0.2) is 11.0 Å². The molecule has 0 radical (unpaired) electrons. The highest BCUT2D eigenvalue weighted by Crippen LogP contribution is 2.10. The van der Waals surface area contributed by atoms with Crippen molar-refractivity contribution >= 4 is 9.84 Å². The molecule has 60 valence electrons. The quantitative estimate of drug-likeness (QED) is 0.633. The van der Waals surface area contributed by atoms with Gasteiger partial charge < -0.3 is 0 Å². The van der Waals surface area contributed by atoms with Crippen LogP contribution in [0.25, 0.3) is 0 Å². The van der Waals surface area contributed by atoms with E-state index in [-0.39, 0.29) is 5.75 Å². The number of hydrogen-bond donors (Lipinski definition) is 0. The van der Waals surface area contributed by atoms with Crippen molar-refractivity contribution in [2.24, 2.45) is 0 Å². The van der Waals surface area contributed by atoms with Crippen molar-refractivity contribution < 1.29 is 8.42 Å². The molecule has 3 heteroatoms. The molecule has 0 aromatic heterocycles. The maximum atomic E-state index is 11.1. The minimum Gasteiger partial charge on any atom is -0.224 e. The maximum absolute atomic E-state index is 11.1. The molecular weight excluding hydrogens is 148 g/mol. The summed E-state index contributed by atoms with van der Waals surface area (Å²) in [6.07, 6.45) is 2.27. The van der Waals surface area contributed by atoms with Gasteiger partial charge in [0.05, 0.1) is 5.75 Å². The van der Waals surface area contributed by atoms with Crippen LogP contribution < -0.4 is 0 Å². The molecule has 0 fully saturated rings. The van der Waals surface area contributed by atoms with Gasteiger partial charge in [-0.25, -0.2) is 8.42 Å². The SMILES string of the molecule is C/C=C(\CC)S(=O)(=O)CC. The molecule has 0 saturated heterocycles. The summed E-state index contributed by atoms with van der Waals surface area (Å²) in [5.74, 6) is 0.209. The van der Waals surface area contributed by atoms with Crippen LogP contribution in [0.2, 0.25) is 0 Å². The summed E-state index contributed by atoms with van der Waals surface area (Å²) < 4.78 is 22.2. The Bertz CT molecular complexity index is 212. The third kappa shape index (κ3) is 2.14. The molecule has 0 aromatic rings. The molecule has 0 atom stereocenters. The number of allylic oxidation sites excluding steroid dienone is 2. The summed E-state index contributed by atoms with van der Waals surface area (Å²) >= 11 is 0. The van der Waals surface area contributed by atoms with Gasteiger partial charge in [-0.2, -0.15) is 0 Å². The minimum atomic E-state index is -2.90. The molecule has 0 aliphatic rings. The summed E-state index contributed by atoms with van der Waals surface area (Å²) in [6, 6.07) is 0. The van der Waals surface area contributed by atoms with Gasteiger partial charge in [-0.3, -0.25) is 0 Å². The van der Waals surface area contributed by atoms with Gasteiger partial charge >= 0.3 is 0 Å². The van der Waals surface area contributed by atoms with E-state index >= 15 is 0 Å². The molecule has 0 bridgehead atoms. The summed E-state index contributed by atoms with van der Waals surface area (Å²) in [5, 5.41) is 0. The normalized spacial score (nSPS) is 13.7. The number of rotatable bonds is 3. The van der Waals surface area contributed by atoms with E-state index in [0.29, 0.717) is 11.3 Å². The first-order valence-electron chi connectivity index (χ1n) is 3.46. The summed E-state index contributed by atoms with van der Waals surface area (Å²) in [4.78, 5) is 0.551. The average molecular weight is 162 g/mol. The smallest absolute Gasteiger partial charge is 0.173 e. The Labute approximate surface area is 62.9 Å². The van der Waals surface area contributed by atoms with Crippen molar-refractivity contribution in [3.63, 3.8) is 0 Å². The largest absolute Gasteiger partial charge is 0.224 e. The van der Waals surface area contributed by atoms with Gasteiger partial charge in [0.15, 0.2) is 9.84 Å². The van der Waals surface area contributed by atoms with E-state index in [9.17, 15) is 8.42 Å². The van der Waals surface area contributed by atoms with Gasteiger partial charge in [-0.05, 0) is 13.3 Å². The van der Waals surface area contributed by atoms with Crippen molar-refractivity contribution in [2.75, 3.05) is 5.75 Å². The molecule has 0 unspecified atom stereocenters. The van der Waals surface area contributed by atoms with Crippen molar-refractivity contribution in [1.82, 2.24) is 0 Å². The predicted molar refractivity (Wildman–Crippen MR) is 43.5 cm³/mol. The zero-order valence-corrected chi connectivity index (χ0v) is 7.53. The van der Waals surface area contributed by atoms with Crippen molar-refractivity contribution in [2.45, 2.75) is 27.2 Å². The second kappa shape index (κ2) is 3.76. The van der Waals surface area contributed by atoms with Crippen LogP contribution in [0.1, 0.15) is 27.2 Å². The fraction of sp³-hybridized carbons (Fsp3) is 0.714. The summed E-state index contributed by atoms with van der Waals surface area (Å²) in [7, 11) is -2.90. The Morgan fingerprint density at radius 2 is 1.90 bits per heavy atom. The Morgan fingerprint density at radius 3 is 2.00 bits per heavy atom. The molecule has 0 saturated carbocycles. The molecule has 0 spiro atoms. The third-order valence-corrected chi connectivity index (χ3v) is 3.53. The molecule has 0 aliphatic carbocycles. The van der Waals surface area contributed by atoms with Gasteiger partial charge in [0, 0.05) is 4.91 Å². The lowest BCUT2D eigenvalue weighted by molar-refractivity contribution is 0.601. The second-order valence-corrected chi connectivity index (χ2v) is 4.34. The second-order valence-electron chi connectivity index (χ2n) is 2.01. The van der Waals surface area contributed by atoms with Gasteiger partial charge in [0.2, 0.25) is 0 Å². The Hall–Kier alpha value is -0.310. The Morgan fingerprint density at radius 1 is 1.40 bits per heavy atom. The zero-order chi connectivity index (χ0) is 8.20. The highest BCUT2D eigenvalue weighted by molar-refractivity contribution is 7.95. The van der Waals surface area contributed by atoms with Crippen LogP contribution in [0.4, 0.5) is 0 Å². The van der Waals surface area contributed by atoms with E-state index < -0.39 is 9.84 Å². The fourth-order valence-corrected chi connectivity index (χ4v) is 1.96. The van der Waals surface area contributed by atoms with Crippen LogP contribution >= 0.6 is 0 Å². The molecule has 0 heterocycles. The van der Waals surface area contributed by atoms with Gasteiger partial charge in [0.1, 0.15) is 0 Å². The summed E-state index contributed by atoms with van der Waals surface area (Å²) in [5.41, 5.74) is 0. The van der Waals surface area contributed by atoms with E-state index in [1.165, 1.54) is 0 Å². The third-order valence-electron chi connectivity index (χ3n) is 1.45. The maximum Gasteiger partial charge on any atom is 0.173 e. The van der Waals surface area contributed by atoms with Crippen LogP contribution in [0.3, 0.4) is 0 Å². The first kappa shape index (κ1) is 9.69. The van der Waals surface area contributed by atoms with E-state index in [1.54, 1.807) is 19.9 Å². The topological polar surface area (TPSA) is 34.1 Å². The van der Waals surface area contributed by atoms with E-state index in [2.05, 4.69) is 0 Å². The van der Waals surface area contributed by atoms with Crippen molar-refractivity contribution in [1.29, 1.82) is 0 Å². The molecular formula is C7H14O2S. The number of sulfone groups is 1. The average Bonchev–Trinajstić information content (AvgIpc) is 1.90. The Balaban J connectivity index is 4.63. The lowest BCUT2D eigenvalue weighted by atomic mass is 10.4. The number of hydrogen-bond acceptors (Lipinski definition) is 2. The van der Waals surface area contributed by atoms with Gasteiger partial charge in [-0.15, -0.1) is 0 Å². The van der Waals surface area contributed by atoms with Gasteiger partial charge in [0.25, 0.3) is 0 Å². The van der Waals surface area contributed by atoms with Crippen molar-refractivity contribution in [3.8, 4) is 0 Å². The highest BCUT2D eigenvalue weighted by atomic mass is 32.2. The molecule has 0 N–H and O–H groups in total. The van der Waals surface area contributed by atoms with Gasteiger partial charge in [-0.1, -0.05) is 19.9 Å². The first-order chi connectivity index (χ1) is 4.58. The molecule has 0 aliphatic heterocycles. The van der Waals surface area contributed by atoms with E-state index in [0.717, 1.165) is 0 Å². The highest BCUT2D eigenvalue weighted by Gasteiger charge is 2.10. The lowest BCUT2D eigenvalue weighted by Gasteiger charge is -2.01. The fourth-order valence-electron chi connectivity index (χ4n) is 0.789. The minimum absolute atomic E-state index is 0.209. The van der Waals surface area contributed by atoms with E-state index in [1.807, 2.05) is 6.92 Å². The lowest BCUT2D eigenvalue weighted by Crippen LogP contribution is -2.05. The molecule has 2 nitrogen and oxygen atoms in total. The monoisotopic (exact) mass is 162 g/mol. The molecule has 0 aromatic carbocycles. The van der Waals surface area contributed by atoms with Crippen LogP contribution in [0.5, 0.6) is 0 Å². The van der Waals surface area contributed by atoms with Crippen LogP contribution in [-0.2, 0) is 9.84 Å². The predicted octanol–water partition coefficient (Wildman–Crippen LogP) is 1.73. The molecule has 10 heavy (non-hydrogen) atoms.